The van der Waals surface area contributed by atoms with Gasteiger partial charge in [-0.1, -0.05) is 33.6 Å². The lowest BCUT2D eigenvalue weighted by molar-refractivity contribution is -0.116. The minimum absolute atomic E-state index is 0.00876. The van der Waals surface area contributed by atoms with Gasteiger partial charge in [-0.2, -0.15) is 0 Å². The van der Waals surface area contributed by atoms with Gasteiger partial charge in [0, 0.05) is 16.8 Å². The maximum Gasteiger partial charge on any atom is 0.151 e. The van der Waals surface area contributed by atoms with E-state index in [-0.39, 0.29) is 11.7 Å². The van der Waals surface area contributed by atoms with E-state index in [1.807, 2.05) is 12.1 Å². The van der Waals surface area contributed by atoms with Crippen LogP contribution >= 0.6 is 39.1 Å². The van der Waals surface area contributed by atoms with Crippen LogP contribution in [0.15, 0.2) is 18.2 Å². The smallest absolute Gasteiger partial charge is 0.151 e. The van der Waals surface area contributed by atoms with Crippen LogP contribution in [-0.2, 0) is 16.5 Å². The Morgan fingerprint density at radius 1 is 1.29 bits per heavy atom. The molecule has 1 aromatic rings. The zero-order valence-electron chi connectivity index (χ0n) is 7.40. The van der Waals surface area contributed by atoms with Gasteiger partial charge >= 0.3 is 0 Å². The summed E-state index contributed by atoms with van der Waals surface area (Å²) in [5.41, 5.74) is 1.98. The van der Waals surface area contributed by atoms with Gasteiger partial charge in [0.2, 0.25) is 0 Å². The highest BCUT2D eigenvalue weighted by Crippen LogP contribution is 2.17. The number of hydrogen-bond donors (Lipinski definition) is 0. The Morgan fingerprint density at radius 2 is 1.93 bits per heavy atom. The van der Waals surface area contributed by atoms with Crippen molar-refractivity contribution in [2.75, 3.05) is 5.88 Å². The molecule has 0 heterocycles. The number of Topliss-reactive ketones (excluding diaryl/α,β-unsaturated/α-hetero) is 1. The van der Waals surface area contributed by atoms with E-state index in [1.54, 1.807) is 6.07 Å². The number of halogens is 3. The molecule has 0 atom stereocenters. The second kappa shape index (κ2) is 5.74. The van der Waals surface area contributed by atoms with Crippen LogP contribution in [0.2, 0.25) is 5.02 Å². The molecule has 0 radical (unpaired) electrons. The SMILES string of the molecule is O=C(CCl)Cc1cc(Cl)cc(CBr)c1. The topological polar surface area (TPSA) is 17.1 Å². The van der Waals surface area contributed by atoms with Crippen molar-refractivity contribution in [3.63, 3.8) is 0 Å². The molecule has 14 heavy (non-hydrogen) atoms. The van der Waals surface area contributed by atoms with Gasteiger partial charge in [0.05, 0.1) is 5.88 Å². The van der Waals surface area contributed by atoms with E-state index in [0.29, 0.717) is 11.4 Å². The normalized spacial score (nSPS) is 10.2. The first-order valence-corrected chi connectivity index (χ1v) is 6.11. The predicted molar refractivity (Wildman–Crippen MR) is 63.5 cm³/mol. The molecule has 1 aromatic carbocycles. The first kappa shape index (κ1) is 12.0. The highest BCUT2D eigenvalue weighted by atomic mass is 79.9. The Kier molecular flexibility index (Phi) is 4.93. The van der Waals surface area contributed by atoms with Gasteiger partial charge in [0.25, 0.3) is 0 Å². The second-order valence-corrected chi connectivity index (χ2v) is 4.21. The van der Waals surface area contributed by atoms with Gasteiger partial charge in [-0.15, -0.1) is 11.6 Å². The zero-order chi connectivity index (χ0) is 10.6. The molecule has 1 rings (SSSR count). The molecule has 4 heteroatoms. The molecule has 0 N–H and O–H groups in total. The Hall–Kier alpha value is -0.0500. The van der Waals surface area contributed by atoms with Gasteiger partial charge in [0.15, 0.2) is 5.78 Å². The Labute approximate surface area is 102 Å². The molecule has 0 saturated heterocycles. The third kappa shape index (κ3) is 3.60. The van der Waals surface area contributed by atoms with Crippen molar-refractivity contribution in [3.05, 3.63) is 34.3 Å². The first-order chi connectivity index (χ1) is 6.65. The molecule has 0 unspecified atom stereocenters. The van der Waals surface area contributed by atoms with Crippen molar-refractivity contribution in [1.29, 1.82) is 0 Å². The van der Waals surface area contributed by atoms with Crippen LogP contribution in [0.3, 0.4) is 0 Å². The molecule has 0 aliphatic heterocycles. The van der Waals surface area contributed by atoms with Crippen LogP contribution in [-0.4, -0.2) is 11.7 Å². The number of carbonyl (C=O) groups excluding carboxylic acids is 1. The Bertz CT molecular complexity index is 339. The Balaban J connectivity index is 2.86. The van der Waals surface area contributed by atoms with E-state index in [2.05, 4.69) is 15.9 Å². The van der Waals surface area contributed by atoms with Crippen molar-refractivity contribution in [2.45, 2.75) is 11.8 Å². The summed E-state index contributed by atoms with van der Waals surface area (Å²) in [6, 6.07) is 5.61. The summed E-state index contributed by atoms with van der Waals surface area (Å²) in [7, 11) is 0. The maximum absolute atomic E-state index is 11.1. The molecular weight excluding hydrogens is 287 g/mol. The molecule has 1 nitrogen and oxygen atoms in total. The minimum atomic E-state index is 0.00876. The fourth-order valence-electron chi connectivity index (χ4n) is 1.17. The third-order valence-electron chi connectivity index (χ3n) is 1.72. The van der Waals surface area contributed by atoms with Crippen molar-refractivity contribution in [3.8, 4) is 0 Å². The summed E-state index contributed by atoms with van der Waals surface area (Å²) in [6.45, 7) is 0. The summed E-state index contributed by atoms with van der Waals surface area (Å²) in [4.78, 5) is 11.1. The molecule has 0 aliphatic rings. The number of hydrogen-bond acceptors (Lipinski definition) is 1. The molecular formula is C10H9BrCl2O. The van der Waals surface area contributed by atoms with Crippen molar-refractivity contribution in [1.82, 2.24) is 0 Å². The highest BCUT2D eigenvalue weighted by molar-refractivity contribution is 9.08. The van der Waals surface area contributed by atoms with E-state index in [1.165, 1.54) is 0 Å². The van der Waals surface area contributed by atoms with E-state index in [0.717, 1.165) is 16.5 Å². The summed E-state index contributed by atoms with van der Waals surface area (Å²) in [5, 5.41) is 1.38. The lowest BCUT2D eigenvalue weighted by atomic mass is 10.1. The quantitative estimate of drug-likeness (QED) is 0.776. The van der Waals surface area contributed by atoms with E-state index < -0.39 is 0 Å². The van der Waals surface area contributed by atoms with Crippen LogP contribution in [0.25, 0.3) is 0 Å². The molecule has 0 fully saturated rings. The van der Waals surface area contributed by atoms with E-state index in [4.69, 9.17) is 23.2 Å². The fourth-order valence-corrected chi connectivity index (χ4v) is 1.87. The summed E-state index contributed by atoms with van der Waals surface area (Å²) in [6.07, 6.45) is 0.351. The molecule has 0 aliphatic carbocycles. The van der Waals surface area contributed by atoms with Gasteiger partial charge in [-0.3, -0.25) is 4.79 Å². The third-order valence-corrected chi connectivity index (χ3v) is 2.89. The van der Waals surface area contributed by atoms with Crippen molar-refractivity contribution < 1.29 is 4.79 Å². The second-order valence-electron chi connectivity index (χ2n) is 2.95. The monoisotopic (exact) mass is 294 g/mol. The van der Waals surface area contributed by atoms with Gasteiger partial charge < -0.3 is 0 Å². The minimum Gasteiger partial charge on any atom is -0.298 e. The van der Waals surface area contributed by atoms with Crippen LogP contribution in [0.1, 0.15) is 11.1 Å². The molecule has 0 amide bonds. The van der Waals surface area contributed by atoms with Crippen LogP contribution in [0, 0.1) is 0 Å². The lowest BCUT2D eigenvalue weighted by Crippen LogP contribution is -2.03. The first-order valence-electron chi connectivity index (χ1n) is 4.07. The van der Waals surface area contributed by atoms with Gasteiger partial charge in [0.1, 0.15) is 0 Å². The van der Waals surface area contributed by atoms with Crippen LogP contribution in [0.4, 0.5) is 0 Å². The maximum atomic E-state index is 11.1. The summed E-state index contributed by atoms with van der Waals surface area (Å²) >= 11 is 14.7. The van der Waals surface area contributed by atoms with E-state index in [9.17, 15) is 4.79 Å². The van der Waals surface area contributed by atoms with Crippen LogP contribution in [0.5, 0.6) is 0 Å². The number of alkyl halides is 2. The predicted octanol–water partition coefficient (Wildman–Crippen LogP) is 3.59. The molecule has 0 aromatic heterocycles. The average molecular weight is 296 g/mol. The summed E-state index contributed by atoms with van der Waals surface area (Å²) < 4.78 is 0. The number of ketones is 1. The summed E-state index contributed by atoms with van der Waals surface area (Å²) in [5.74, 6) is 0.0605. The number of rotatable bonds is 4. The standard InChI is InChI=1S/C10H9BrCl2O/c11-5-8-1-7(2-9(13)3-8)4-10(14)6-12/h1-3H,4-6H2. The van der Waals surface area contributed by atoms with Gasteiger partial charge in [-0.05, 0) is 23.3 Å². The number of benzene rings is 1. The zero-order valence-corrected chi connectivity index (χ0v) is 10.5. The molecule has 0 spiro atoms. The van der Waals surface area contributed by atoms with Crippen molar-refractivity contribution in [2.24, 2.45) is 0 Å². The van der Waals surface area contributed by atoms with Gasteiger partial charge in [-0.25, -0.2) is 0 Å². The van der Waals surface area contributed by atoms with E-state index >= 15 is 0 Å². The lowest BCUT2D eigenvalue weighted by Gasteiger charge is -2.03. The molecule has 0 saturated carbocycles. The highest BCUT2D eigenvalue weighted by Gasteiger charge is 2.04. The number of carbonyl (C=O) groups is 1. The Morgan fingerprint density at radius 3 is 2.50 bits per heavy atom. The molecule has 76 valence electrons. The van der Waals surface area contributed by atoms with Crippen molar-refractivity contribution >= 4 is 44.9 Å². The van der Waals surface area contributed by atoms with Crippen LogP contribution < -0.4 is 0 Å². The largest absolute Gasteiger partial charge is 0.298 e. The molecule has 0 bridgehead atoms. The average Bonchev–Trinajstić information content (AvgIpc) is 2.16. The fraction of sp³-hybridized carbons (Fsp3) is 0.300.